The molecule has 10 heteroatoms. The Morgan fingerprint density at radius 1 is 1.12 bits per heavy atom. The normalized spacial score (nSPS) is 10.8. The summed E-state index contributed by atoms with van der Waals surface area (Å²) >= 11 is 8.22. The summed E-state index contributed by atoms with van der Waals surface area (Å²) in [7, 11) is 1.58. The number of halogens is 2. The Balaban J connectivity index is 1.77. The minimum absolute atomic E-state index is 0.0177. The summed E-state index contributed by atoms with van der Waals surface area (Å²) in [6.07, 6.45) is 1.38. The lowest BCUT2D eigenvalue weighted by Gasteiger charge is -2.11. The van der Waals surface area contributed by atoms with Crippen LogP contribution in [0, 0.1) is 0 Å². The Hall–Kier alpha value is -2.17. The lowest BCUT2D eigenvalue weighted by molar-refractivity contribution is -0.118. The van der Waals surface area contributed by atoms with Crippen LogP contribution >= 0.6 is 43.6 Å². The minimum atomic E-state index is -0.0562. The van der Waals surface area contributed by atoms with Gasteiger partial charge < -0.3 is 10.1 Å². The molecule has 0 unspecified atom stereocenters. The van der Waals surface area contributed by atoms with Crippen molar-refractivity contribution < 1.29 is 14.3 Å². The molecule has 2 aromatic carbocycles. The molecule has 0 radical (unpaired) electrons. The van der Waals surface area contributed by atoms with Gasteiger partial charge in [0.2, 0.25) is 5.91 Å². The Bertz CT molecular complexity index is 1100. The number of methoxy groups -OCH3 is 1. The smallest absolute Gasteiger partial charge is 0.216 e. The Kier molecular flexibility index (Phi) is 8.89. The van der Waals surface area contributed by atoms with Crippen molar-refractivity contribution in [2.24, 2.45) is 0 Å². The lowest BCUT2D eigenvalue weighted by atomic mass is 10.1. The number of thioether (sulfide) groups is 1. The molecule has 168 valence electrons. The zero-order chi connectivity index (χ0) is 23.1. The van der Waals surface area contributed by atoms with Crippen LogP contribution in [0.2, 0.25) is 0 Å². The van der Waals surface area contributed by atoms with Crippen molar-refractivity contribution >= 4 is 55.3 Å². The first-order chi connectivity index (χ1) is 15.4. The molecule has 0 atom stereocenters. The zero-order valence-corrected chi connectivity index (χ0v) is 21.6. The third-order valence-electron chi connectivity index (χ3n) is 4.54. The van der Waals surface area contributed by atoms with Crippen LogP contribution in [0.1, 0.15) is 29.5 Å². The number of rotatable bonds is 10. The van der Waals surface area contributed by atoms with Gasteiger partial charge in [-0.3, -0.25) is 14.2 Å². The summed E-state index contributed by atoms with van der Waals surface area (Å²) in [6.45, 7) is 2.06. The summed E-state index contributed by atoms with van der Waals surface area (Å²) in [4.78, 5) is 23.9. The van der Waals surface area contributed by atoms with Gasteiger partial charge in [0.05, 0.1) is 17.3 Å². The van der Waals surface area contributed by atoms with Crippen molar-refractivity contribution in [2.75, 3.05) is 19.4 Å². The predicted octanol–water partition coefficient (Wildman–Crippen LogP) is 4.84. The molecule has 1 N–H and O–H groups in total. The fraction of sp³-hybridized carbons (Fsp3) is 0.273. The monoisotopic (exact) mass is 580 g/mol. The van der Waals surface area contributed by atoms with Gasteiger partial charge in [0.15, 0.2) is 10.9 Å². The van der Waals surface area contributed by atoms with E-state index in [1.54, 1.807) is 25.3 Å². The third kappa shape index (κ3) is 6.43. The number of carbonyl (C=O) groups is 2. The highest BCUT2D eigenvalue weighted by molar-refractivity contribution is 9.10. The van der Waals surface area contributed by atoms with Gasteiger partial charge in [0.25, 0.3) is 0 Å². The minimum Gasteiger partial charge on any atom is -0.496 e. The Labute approximate surface area is 207 Å². The second kappa shape index (κ2) is 11.6. The molecule has 32 heavy (non-hydrogen) atoms. The Morgan fingerprint density at radius 2 is 1.88 bits per heavy atom. The van der Waals surface area contributed by atoms with E-state index in [4.69, 9.17) is 4.74 Å². The average Bonchev–Trinajstić information content (AvgIpc) is 3.18. The average molecular weight is 582 g/mol. The highest BCUT2D eigenvalue weighted by Gasteiger charge is 2.17. The van der Waals surface area contributed by atoms with Gasteiger partial charge in [-0.15, -0.1) is 10.2 Å². The molecule has 0 fully saturated rings. The molecule has 7 nitrogen and oxygen atoms in total. The van der Waals surface area contributed by atoms with Gasteiger partial charge in [0.1, 0.15) is 11.6 Å². The van der Waals surface area contributed by atoms with Gasteiger partial charge in [-0.05, 0) is 64.8 Å². The molecule has 1 amide bonds. The number of hydrogen-bond acceptors (Lipinski definition) is 6. The van der Waals surface area contributed by atoms with Crippen molar-refractivity contribution in [3.63, 3.8) is 0 Å². The molecule has 1 aromatic heterocycles. The molecule has 0 saturated heterocycles. The standard InChI is InChI=1S/C22H22Br2N4O3S/c1-14(29)25-11-3-4-21-26-27-22(28(21)17-8-6-16(23)7-9-17)32-13-19(30)15-5-10-20(31-2)18(24)12-15/h5-10,12H,3-4,11,13H2,1-2H3,(H,25,29). The van der Waals surface area contributed by atoms with Crippen LogP contribution < -0.4 is 10.1 Å². The third-order valence-corrected chi connectivity index (χ3v) is 6.62. The molecule has 3 aromatic rings. The highest BCUT2D eigenvalue weighted by atomic mass is 79.9. The lowest BCUT2D eigenvalue weighted by Crippen LogP contribution is -2.21. The second-order valence-corrected chi connectivity index (χ2v) is 9.57. The van der Waals surface area contributed by atoms with E-state index in [0.717, 1.165) is 26.9 Å². The maximum atomic E-state index is 12.8. The van der Waals surface area contributed by atoms with Gasteiger partial charge in [-0.2, -0.15) is 0 Å². The van der Waals surface area contributed by atoms with Crippen molar-refractivity contribution in [2.45, 2.75) is 24.9 Å². The van der Waals surface area contributed by atoms with E-state index in [9.17, 15) is 9.59 Å². The molecule has 0 bridgehead atoms. The zero-order valence-electron chi connectivity index (χ0n) is 17.6. The maximum absolute atomic E-state index is 12.8. The van der Waals surface area contributed by atoms with Crippen LogP contribution in [0.4, 0.5) is 0 Å². The van der Waals surface area contributed by atoms with Crippen LogP contribution in [0.15, 0.2) is 56.6 Å². The SMILES string of the molecule is COc1ccc(C(=O)CSc2nnc(CCCNC(C)=O)n2-c2ccc(Br)cc2)cc1Br. The Morgan fingerprint density at radius 3 is 2.53 bits per heavy atom. The number of aryl methyl sites for hydroxylation is 1. The summed E-state index contributed by atoms with van der Waals surface area (Å²) in [5, 5.41) is 12.1. The molecule has 0 aliphatic rings. The number of benzene rings is 2. The van der Waals surface area contributed by atoms with Crippen molar-refractivity contribution in [1.29, 1.82) is 0 Å². The fourth-order valence-corrected chi connectivity index (χ4v) is 4.64. The molecular formula is C22H22Br2N4O3S. The molecule has 3 rings (SSSR count). The number of nitrogens with one attached hydrogen (secondary N) is 1. The van der Waals surface area contributed by atoms with E-state index in [1.807, 2.05) is 28.8 Å². The van der Waals surface area contributed by atoms with E-state index >= 15 is 0 Å². The van der Waals surface area contributed by atoms with E-state index in [1.165, 1.54) is 18.7 Å². The molecule has 1 heterocycles. The predicted molar refractivity (Wildman–Crippen MR) is 132 cm³/mol. The summed E-state index contributed by atoms with van der Waals surface area (Å²) in [5.41, 5.74) is 1.50. The first-order valence-corrected chi connectivity index (χ1v) is 12.4. The molecular weight excluding hydrogens is 560 g/mol. The van der Waals surface area contributed by atoms with E-state index in [-0.39, 0.29) is 17.4 Å². The number of ether oxygens (including phenoxy) is 1. The first kappa shape index (κ1) is 24.5. The molecule has 0 spiro atoms. The number of aromatic nitrogens is 3. The summed E-state index contributed by atoms with van der Waals surface area (Å²) < 4.78 is 8.89. The largest absolute Gasteiger partial charge is 0.496 e. The van der Waals surface area contributed by atoms with Crippen molar-refractivity contribution in [1.82, 2.24) is 20.1 Å². The number of Topliss-reactive ketones (excluding diaryl/α,β-unsaturated/α-hetero) is 1. The van der Waals surface area contributed by atoms with Gasteiger partial charge in [0, 0.05) is 35.6 Å². The number of amides is 1. The van der Waals surface area contributed by atoms with E-state index < -0.39 is 0 Å². The summed E-state index contributed by atoms with van der Waals surface area (Å²) in [5.74, 6) is 1.60. The number of carbonyl (C=O) groups excluding carboxylic acids is 2. The second-order valence-electron chi connectivity index (χ2n) is 6.86. The van der Waals surface area contributed by atoms with Crippen LogP contribution in [-0.4, -0.2) is 45.9 Å². The summed E-state index contributed by atoms with van der Waals surface area (Å²) in [6, 6.07) is 13.1. The van der Waals surface area contributed by atoms with Crippen LogP contribution in [0.3, 0.4) is 0 Å². The molecule has 0 saturated carbocycles. The topological polar surface area (TPSA) is 86.1 Å². The quantitative estimate of drug-likeness (QED) is 0.209. The van der Waals surface area contributed by atoms with Crippen LogP contribution in [-0.2, 0) is 11.2 Å². The van der Waals surface area contributed by atoms with E-state index in [0.29, 0.717) is 29.4 Å². The number of ketones is 1. The highest BCUT2D eigenvalue weighted by Crippen LogP contribution is 2.28. The van der Waals surface area contributed by atoms with Gasteiger partial charge in [-0.25, -0.2) is 0 Å². The molecule has 0 aliphatic carbocycles. The van der Waals surface area contributed by atoms with Crippen LogP contribution in [0.25, 0.3) is 5.69 Å². The molecule has 0 aliphatic heterocycles. The fourth-order valence-electron chi connectivity index (χ4n) is 2.97. The maximum Gasteiger partial charge on any atom is 0.216 e. The first-order valence-electron chi connectivity index (χ1n) is 9.83. The van der Waals surface area contributed by atoms with E-state index in [2.05, 4.69) is 47.4 Å². The van der Waals surface area contributed by atoms with Crippen molar-refractivity contribution in [3.05, 3.63) is 62.8 Å². The number of hydrogen-bond donors (Lipinski definition) is 1. The van der Waals surface area contributed by atoms with Gasteiger partial charge in [-0.1, -0.05) is 27.7 Å². The number of nitrogens with zero attached hydrogens (tertiary/aromatic N) is 3. The van der Waals surface area contributed by atoms with Gasteiger partial charge >= 0.3 is 0 Å². The van der Waals surface area contributed by atoms with Crippen molar-refractivity contribution in [3.8, 4) is 11.4 Å². The van der Waals surface area contributed by atoms with Crippen LogP contribution in [0.5, 0.6) is 5.75 Å².